The molecule has 7 N–H and O–H groups in total. The van der Waals surface area contributed by atoms with Crippen LogP contribution in [0.25, 0.3) is 10.8 Å². The molecule has 0 aromatic heterocycles. The zero-order valence-corrected chi connectivity index (χ0v) is 26.3. The van der Waals surface area contributed by atoms with E-state index in [9.17, 15) is 29.7 Å². The lowest BCUT2D eigenvalue weighted by molar-refractivity contribution is 0.0359. The lowest BCUT2D eigenvalue weighted by atomic mass is 9.85. The van der Waals surface area contributed by atoms with Crippen molar-refractivity contribution in [3.8, 4) is 0 Å². The largest absolute Gasteiger partial charge is 0.478 e. The van der Waals surface area contributed by atoms with Crippen LogP contribution in [0.3, 0.4) is 0 Å². The van der Waals surface area contributed by atoms with Crippen LogP contribution in [0.1, 0.15) is 59.8 Å². The summed E-state index contributed by atoms with van der Waals surface area (Å²) in [5, 5.41) is 23.1. The number of imide groups is 1. The second-order valence-electron chi connectivity index (χ2n) is 10.9. The van der Waals surface area contributed by atoms with Crippen molar-refractivity contribution in [1.29, 1.82) is 5.41 Å². The fourth-order valence-electron chi connectivity index (χ4n) is 5.83. The Morgan fingerprint density at radius 3 is 2.00 bits per heavy atom. The van der Waals surface area contributed by atoms with E-state index < -0.39 is 29.3 Å². The Kier molecular flexibility index (Phi) is 10.8. The molecule has 0 bridgehead atoms. The van der Waals surface area contributed by atoms with Gasteiger partial charge in [0, 0.05) is 71.2 Å². The zero-order valence-electron chi connectivity index (χ0n) is 24.7. The number of carboxylic acids is 1. The number of primary amides is 1. The highest BCUT2D eigenvalue weighted by molar-refractivity contribution is 9.10. The van der Waals surface area contributed by atoms with Gasteiger partial charge in [-0.2, -0.15) is 0 Å². The molecule has 3 heterocycles. The Morgan fingerprint density at radius 2 is 1.49 bits per heavy atom. The van der Waals surface area contributed by atoms with Gasteiger partial charge in [-0.05, 0) is 54.0 Å². The van der Waals surface area contributed by atoms with Crippen LogP contribution in [0.5, 0.6) is 0 Å². The molecule has 2 aromatic carbocycles. The summed E-state index contributed by atoms with van der Waals surface area (Å²) in [6, 6.07) is 2.67. The maximum atomic E-state index is 13.0. The van der Waals surface area contributed by atoms with Gasteiger partial charge in [0.15, 0.2) is 5.84 Å². The summed E-state index contributed by atoms with van der Waals surface area (Å²) in [7, 11) is 0. The van der Waals surface area contributed by atoms with E-state index in [0.29, 0.717) is 39.5 Å². The first-order valence-corrected chi connectivity index (χ1v) is 15.7. The fourth-order valence-corrected chi connectivity index (χ4v) is 6.59. The van der Waals surface area contributed by atoms with E-state index in [1.807, 2.05) is 0 Å². The number of carbonyl (C=O) groups excluding carboxylic acids is 3. The van der Waals surface area contributed by atoms with E-state index in [-0.39, 0.29) is 43.3 Å². The van der Waals surface area contributed by atoms with Gasteiger partial charge in [-0.3, -0.25) is 34.9 Å². The van der Waals surface area contributed by atoms with Crippen LogP contribution in [0.15, 0.2) is 16.6 Å². The van der Waals surface area contributed by atoms with Gasteiger partial charge in [0.05, 0.1) is 37.6 Å². The van der Waals surface area contributed by atoms with E-state index in [1.165, 1.54) is 17.3 Å². The van der Waals surface area contributed by atoms with Crippen molar-refractivity contribution >= 4 is 56.2 Å². The quantitative estimate of drug-likeness (QED) is 0.0556. The van der Waals surface area contributed by atoms with Crippen molar-refractivity contribution in [2.24, 2.45) is 5.73 Å². The zero-order chi connectivity index (χ0) is 32.1. The van der Waals surface area contributed by atoms with Crippen LogP contribution in [0.2, 0.25) is 0 Å². The van der Waals surface area contributed by atoms with Crippen molar-refractivity contribution in [1.82, 2.24) is 31.1 Å². The molecule has 16 heteroatoms. The normalized spacial score (nSPS) is 17.4. The number of carboxylic acid groups (broad SMARTS) is 1. The van der Waals surface area contributed by atoms with Gasteiger partial charge in [0.1, 0.15) is 0 Å². The summed E-state index contributed by atoms with van der Waals surface area (Å²) < 4.78 is 10.8. The summed E-state index contributed by atoms with van der Waals surface area (Å²) in [5.74, 6) is -4.21. The van der Waals surface area contributed by atoms with Crippen LogP contribution in [-0.4, -0.2) is 128 Å². The molecule has 3 aliphatic rings. The molecule has 3 amide bonds. The molecule has 0 spiro atoms. The summed E-state index contributed by atoms with van der Waals surface area (Å²) in [4.78, 5) is 55.7. The standard InChI is InChI=1S/C29H37BrN8O7/c30-24-22(19-17(26(32)39)3-4-18-20(19)21(23(24)29(42)43)28(41)35-27(18)40)25(31)38(33-5-1-7-36-9-13-44-14-10-36)34-6-2-8-37-11-15-45-16-12-37/h3-4,31,33-34H,1-2,5-16H2,(H2,32,39)(H,42,43)(H,35,40,41). The number of rotatable bonds is 13. The number of halogens is 1. The molecular formula is C29H37BrN8O7. The van der Waals surface area contributed by atoms with Gasteiger partial charge in [-0.15, -0.1) is 0 Å². The van der Waals surface area contributed by atoms with Crippen LogP contribution in [0.4, 0.5) is 0 Å². The number of carbonyl (C=O) groups is 4. The minimum Gasteiger partial charge on any atom is -0.478 e. The summed E-state index contributed by atoms with van der Waals surface area (Å²) in [5.41, 5.74) is 11.4. The molecule has 15 nitrogen and oxygen atoms in total. The van der Waals surface area contributed by atoms with E-state index in [1.54, 1.807) is 0 Å². The number of amidine groups is 1. The van der Waals surface area contributed by atoms with Gasteiger partial charge in [-0.1, -0.05) is 0 Å². The van der Waals surface area contributed by atoms with Gasteiger partial charge < -0.3 is 20.3 Å². The Labute approximate surface area is 267 Å². The number of morpholine rings is 2. The molecule has 2 saturated heterocycles. The highest BCUT2D eigenvalue weighted by Gasteiger charge is 2.36. The number of aromatic carboxylic acids is 1. The number of nitrogens with two attached hydrogens (primary N) is 1. The van der Waals surface area contributed by atoms with Crippen LogP contribution < -0.4 is 21.9 Å². The number of amides is 3. The third kappa shape index (κ3) is 7.17. The predicted molar refractivity (Wildman–Crippen MR) is 167 cm³/mol. The molecule has 0 atom stereocenters. The summed E-state index contributed by atoms with van der Waals surface area (Å²) >= 11 is 3.35. The lowest BCUT2D eigenvalue weighted by Crippen LogP contribution is -2.53. The Hall–Kier alpha value is -3.51. The Balaban J connectivity index is 1.50. The predicted octanol–water partition coefficient (Wildman–Crippen LogP) is 0.364. The number of ether oxygens (including phenoxy) is 2. The highest BCUT2D eigenvalue weighted by atomic mass is 79.9. The molecule has 0 aliphatic carbocycles. The average Bonchev–Trinajstić information content (AvgIpc) is 3.02. The summed E-state index contributed by atoms with van der Waals surface area (Å²) in [6.45, 7) is 8.64. The van der Waals surface area contributed by atoms with Crippen LogP contribution in [-0.2, 0) is 9.47 Å². The maximum absolute atomic E-state index is 13.0. The van der Waals surface area contributed by atoms with E-state index in [2.05, 4.69) is 41.9 Å². The van der Waals surface area contributed by atoms with Crippen LogP contribution >= 0.6 is 15.9 Å². The molecule has 0 saturated carbocycles. The van der Waals surface area contributed by atoms with Crippen molar-refractivity contribution in [3.05, 3.63) is 44.4 Å². The first kappa shape index (κ1) is 32.9. The van der Waals surface area contributed by atoms with E-state index in [4.69, 9.17) is 15.2 Å². The third-order valence-electron chi connectivity index (χ3n) is 8.08. The number of hydrazine groups is 2. The molecule has 45 heavy (non-hydrogen) atoms. The molecule has 242 valence electrons. The van der Waals surface area contributed by atoms with E-state index in [0.717, 1.165) is 52.1 Å². The van der Waals surface area contributed by atoms with Gasteiger partial charge in [-0.25, -0.2) is 20.8 Å². The summed E-state index contributed by atoms with van der Waals surface area (Å²) in [6.07, 6.45) is 1.48. The smallest absolute Gasteiger partial charge is 0.337 e. The maximum Gasteiger partial charge on any atom is 0.337 e. The van der Waals surface area contributed by atoms with Gasteiger partial charge in [0.25, 0.3) is 11.8 Å². The van der Waals surface area contributed by atoms with Crippen molar-refractivity contribution < 1.29 is 33.8 Å². The second kappa shape index (κ2) is 14.7. The molecule has 0 radical (unpaired) electrons. The molecule has 0 unspecified atom stereocenters. The minimum atomic E-state index is -1.45. The minimum absolute atomic E-state index is 0.00265. The number of nitrogens with zero attached hydrogens (tertiary/aromatic N) is 3. The molecule has 2 aromatic rings. The van der Waals surface area contributed by atoms with Gasteiger partial charge >= 0.3 is 5.97 Å². The van der Waals surface area contributed by atoms with E-state index >= 15 is 0 Å². The first-order chi connectivity index (χ1) is 21.7. The SMILES string of the molecule is N=C(c1c(Br)c(C(=O)O)c2c3c(ccc(C(N)=O)c13)C(=O)NC2=O)N(NCCCN1CCOCC1)NCCCN1CCOCC1. The fraction of sp³-hybridized carbons (Fsp3) is 0.483. The van der Waals surface area contributed by atoms with Crippen molar-refractivity contribution in [2.45, 2.75) is 12.8 Å². The molecule has 2 fully saturated rings. The lowest BCUT2D eigenvalue weighted by Gasteiger charge is -2.31. The topological polar surface area (TPSA) is 203 Å². The van der Waals surface area contributed by atoms with Crippen molar-refractivity contribution in [3.63, 3.8) is 0 Å². The molecular weight excluding hydrogens is 652 g/mol. The van der Waals surface area contributed by atoms with Gasteiger partial charge in [0.2, 0.25) is 5.91 Å². The number of hydrogen-bond acceptors (Lipinski definition) is 11. The number of nitrogens with one attached hydrogen (secondary N) is 4. The molecule has 3 aliphatic heterocycles. The highest BCUT2D eigenvalue weighted by Crippen LogP contribution is 2.40. The number of benzene rings is 2. The van der Waals surface area contributed by atoms with Crippen LogP contribution in [0, 0.1) is 5.41 Å². The monoisotopic (exact) mass is 688 g/mol. The average molecular weight is 690 g/mol. The Morgan fingerprint density at radius 1 is 0.933 bits per heavy atom. The first-order valence-electron chi connectivity index (χ1n) is 14.9. The van der Waals surface area contributed by atoms with Crippen molar-refractivity contribution in [2.75, 3.05) is 78.8 Å². The third-order valence-corrected chi connectivity index (χ3v) is 8.88. The second-order valence-corrected chi connectivity index (χ2v) is 11.7. The Bertz CT molecular complexity index is 1480. The number of hydrogen-bond donors (Lipinski definition) is 6. The molecule has 5 rings (SSSR count).